The van der Waals surface area contributed by atoms with Crippen LogP contribution >= 0.6 is 0 Å². The van der Waals surface area contributed by atoms with Gasteiger partial charge in [-0.15, -0.1) is 0 Å². The molecule has 28 nitrogen and oxygen atoms in total. The maximum Gasteiger partial charge on any atom is 0.258 e. The molecule has 0 radical (unpaired) electrons. The predicted octanol–water partition coefficient (Wildman–Crippen LogP) is 11.5. The van der Waals surface area contributed by atoms with Crippen LogP contribution in [0.5, 0.6) is 0 Å². The van der Waals surface area contributed by atoms with Gasteiger partial charge in [0.15, 0.2) is 45.9 Å². The van der Waals surface area contributed by atoms with Crippen molar-refractivity contribution in [2.45, 2.75) is 77.9 Å². The van der Waals surface area contributed by atoms with Crippen molar-refractivity contribution >= 4 is 89.7 Å². The molecule has 0 spiro atoms. The number of rotatable bonds is 10. The number of aromatic nitrogens is 12. The van der Waals surface area contributed by atoms with Crippen molar-refractivity contribution in [1.82, 2.24) is 72.6 Å². The Labute approximate surface area is 665 Å². The molecule has 3 N–H and O–H groups in total. The van der Waals surface area contributed by atoms with E-state index in [2.05, 4.69) is 100.0 Å². The Hall–Kier alpha value is -12.8. The van der Waals surface area contributed by atoms with E-state index < -0.39 is 0 Å². The number of pyridine rings is 4. The summed E-state index contributed by atoms with van der Waals surface area (Å²) in [5.74, 6) is 3.89. The lowest BCUT2D eigenvalue weighted by Gasteiger charge is -2.36. The van der Waals surface area contributed by atoms with Crippen molar-refractivity contribution in [3.63, 3.8) is 0 Å². The largest absolute Gasteiger partial charge is 0.441 e. The SMILES string of the molecule is Cc1nc2ccc(-c3cc(=O)n4cc(N5CCC(N(C)C)CC5)ccc4n3)cc2o1.Cc1nc2ccc(-c3cc(=O)n4cc(N5CCC(N)CC5)ccc4n3)cc2o1.Cc1nc2ccc(-c3cc(=O)n4cc(N5CC[C@H](N(C)C)C5)ccc4n3)cc2o1.Cc1nc2ccc(-c3cc(=O)n4cc(N5C[C@H]6CNC[C@H]6C5)ccc4n3)cc2o1. The second kappa shape index (κ2) is 30.9. The highest BCUT2D eigenvalue weighted by Gasteiger charge is 2.36. The Bertz CT molecular complexity index is 6680. The van der Waals surface area contributed by atoms with Gasteiger partial charge >= 0.3 is 0 Å². The zero-order chi connectivity index (χ0) is 79.7. The minimum Gasteiger partial charge on any atom is -0.441 e. The molecule has 17 heterocycles. The molecule has 3 atom stereocenters. The van der Waals surface area contributed by atoms with Crippen LogP contribution in [-0.2, 0) is 0 Å². The number of nitrogens with one attached hydrogen (secondary N) is 1. The molecule has 0 bridgehead atoms. The molecule has 4 aromatic carbocycles. The zero-order valence-corrected chi connectivity index (χ0v) is 66.1. The van der Waals surface area contributed by atoms with E-state index in [0.717, 1.165) is 165 Å². The summed E-state index contributed by atoms with van der Waals surface area (Å²) < 4.78 is 29.0. The van der Waals surface area contributed by atoms with Gasteiger partial charge in [0, 0.05) is 183 Å². The predicted molar refractivity (Wildman–Crippen MR) is 452 cm³/mol. The first-order chi connectivity index (χ1) is 56.1. The summed E-state index contributed by atoms with van der Waals surface area (Å²) in [7, 11) is 8.50. The van der Waals surface area contributed by atoms with E-state index in [0.29, 0.717) is 115 Å². The van der Waals surface area contributed by atoms with Crippen LogP contribution in [0.2, 0.25) is 0 Å². The molecule has 0 amide bonds. The van der Waals surface area contributed by atoms with Gasteiger partial charge in [-0.2, -0.15) is 0 Å². The first kappa shape index (κ1) is 74.6. The van der Waals surface area contributed by atoms with Crippen molar-refractivity contribution in [2.75, 3.05) is 113 Å². The number of nitrogens with two attached hydrogens (primary N) is 1. The Morgan fingerprint density at radius 3 is 0.957 bits per heavy atom. The topological polar surface area (TPSA) is 299 Å². The Morgan fingerprint density at radius 2 is 0.638 bits per heavy atom. The molecule has 5 aliphatic rings. The average Bonchev–Trinajstić information content (AvgIpc) is 0.979. The van der Waals surface area contributed by atoms with Crippen molar-refractivity contribution in [2.24, 2.45) is 17.6 Å². The van der Waals surface area contributed by atoms with Crippen LogP contribution in [-0.4, -0.2) is 179 Å². The number of likely N-dealkylation sites (N-methyl/N-ethyl adjacent to an activating group) is 1. The zero-order valence-electron chi connectivity index (χ0n) is 66.1. The highest BCUT2D eigenvalue weighted by molar-refractivity contribution is 5.83. The van der Waals surface area contributed by atoms with Gasteiger partial charge in [0.1, 0.15) is 44.7 Å². The minimum absolute atomic E-state index is 0.0817. The van der Waals surface area contributed by atoms with Crippen LogP contribution in [0.25, 0.3) is 112 Å². The molecule has 16 aromatic rings. The summed E-state index contributed by atoms with van der Waals surface area (Å²) in [6, 6.07) is 46.4. The maximum atomic E-state index is 12.9. The standard InChI is InChI=1S/C23H25N5O2.C22H21N5O2.C22H23N5O2.C21H21N5O2/c1-15-24-19-6-4-16(12-21(19)30-15)20-13-23(29)28-14-18(5-7-22(28)25-20)27-10-8-17(9-11-27)26(2)3;1-13-24-18-4-2-14(6-20(18)29-13)19-7-22(28)27-12-17(3-5-21(27)25-19)26-10-15-8-23-9-16(15)11-26;1-14-23-18-6-4-15(10-20(18)29-14)19-11-22(28)27-13-17(5-7-21(27)24-19)26-9-8-16(12-26)25(2)3;1-13-23-17-4-2-14(10-19(17)28-13)18-11-21(27)26-12-16(3-5-20(26)24-18)25-8-6-15(22)7-9-25/h4-7,12-14,17H,8-11H2,1-3H3;2-7,12,15-16,23H,8-11H2,1H3;4-7,10-11,13,16H,8-9,12H2,1-3H3;2-5,10-12,15H,6-9,22H2,1H3/t;15-,16+;16-;/m..0./s1. The third kappa shape index (κ3) is 15.3. The Kier molecular flexibility index (Phi) is 19.9. The quantitative estimate of drug-likeness (QED) is 0.129. The van der Waals surface area contributed by atoms with E-state index in [1.807, 2.05) is 162 Å². The van der Waals surface area contributed by atoms with Crippen molar-refractivity contribution in [1.29, 1.82) is 0 Å². The van der Waals surface area contributed by atoms with Crippen LogP contribution in [0, 0.1) is 39.5 Å². The fourth-order valence-corrected chi connectivity index (χ4v) is 16.8. The summed E-state index contributed by atoms with van der Waals surface area (Å²) in [6.45, 7) is 17.3. The first-order valence-electron chi connectivity index (χ1n) is 39.6. The van der Waals surface area contributed by atoms with Crippen LogP contribution in [0.15, 0.2) is 207 Å². The molecule has 5 aliphatic heterocycles. The fraction of sp³-hybridized carbons (Fsp3) is 0.318. The van der Waals surface area contributed by atoms with Crippen LogP contribution in [0.4, 0.5) is 22.7 Å². The van der Waals surface area contributed by atoms with Gasteiger partial charge in [-0.05, 0) is 169 Å². The second-order valence-corrected chi connectivity index (χ2v) is 31.5. The third-order valence-electron chi connectivity index (χ3n) is 23.2. The average molecular weight is 1560 g/mol. The van der Waals surface area contributed by atoms with Gasteiger partial charge in [-0.25, -0.2) is 39.9 Å². The number of oxazole rings is 4. The van der Waals surface area contributed by atoms with Crippen LogP contribution < -0.4 is 52.9 Å². The van der Waals surface area contributed by atoms with E-state index in [-0.39, 0.29) is 28.3 Å². The lowest BCUT2D eigenvalue weighted by atomic mass is 10.0. The van der Waals surface area contributed by atoms with E-state index >= 15 is 0 Å². The summed E-state index contributed by atoms with van der Waals surface area (Å²) in [5.41, 5.74) is 24.3. The van der Waals surface area contributed by atoms with Gasteiger partial charge in [-0.3, -0.25) is 36.8 Å². The van der Waals surface area contributed by atoms with Crippen LogP contribution in [0.3, 0.4) is 0 Å². The van der Waals surface area contributed by atoms with E-state index in [9.17, 15) is 19.2 Å². The van der Waals surface area contributed by atoms with Gasteiger partial charge in [0.05, 0.1) is 45.5 Å². The normalized spacial score (nSPS) is 17.4. The van der Waals surface area contributed by atoms with Crippen LogP contribution in [0.1, 0.15) is 55.7 Å². The molecule has 590 valence electrons. The maximum absolute atomic E-state index is 12.9. The molecule has 0 saturated carbocycles. The van der Waals surface area contributed by atoms with Gasteiger partial charge < -0.3 is 58.1 Å². The number of hydrogen-bond donors (Lipinski definition) is 2. The molecule has 5 fully saturated rings. The van der Waals surface area contributed by atoms with E-state index in [4.69, 9.17) is 38.4 Å². The van der Waals surface area contributed by atoms with Crippen molar-refractivity contribution in [3.8, 4) is 45.0 Å². The number of aryl methyl sites for hydroxylation is 4. The summed E-state index contributed by atoms with van der Waals surface area (Å²) in [4.78, 5) is 101. The highest BCUT2D eigenvalue weighted by Crippen LogP contribution is 2.34. The molecule has 12 aromatic heterocycles. The van der Waals surface area contributed by atoms with Crippen molar-refractivity contribution < 1.29 is 17.7 Å². The number of anilines is 4. The molecule has 0 unspecified atom stereocenters. The Balaban J connectivity index is 0.000000107. The molecule has 0 aliphatic carbocycles. The number of nitrogens with zero attached hydrogens (tertiary/aromatic N) is 18. The lowest BCUT2D eigenvalue weighted by molar-refractivity contribution is 0.249. The molecular weight excluding hydrogens is 1470 g/mol. The smallest absolute Gasteiger partial charge is 0.258 e. The molecular formula is C88H90N20O8. The summed E-state index contributed by atoms with van der Waals surface area (Å²) in [5, 5.41) is 3.47. The van der Waals surface area contributed by atoms with Gasteiger partial charge in [0.2, 0.25) is 0 Å². The third-order valence-corrected chi connectivity index (χ3v) is 23.2. The minimum atomic E-state index is -0.107. The van der Waals surface area contributed by atoms with Gasteiger partial charge in [-0.1, -0.05) is 24.3 Å². The number of piperidine rings is 2. The van der Waals surface area contributed by atoms with Crippen molar-refractivity contribution in [3.05, 3.63) is 235 Å². The lowest BCUT2D eigenvalue weighted by Crippen LogP contribution is -2.42. The van der Waals surface area contributed by atoms with E-state index in [1.54, 1.807) is 41.9 Å². The first-order valence-corrected chi connectivity index (χ1v) is 39.6. The Morgan fingerprint density at radius 1 is 0.345 bits per heavy atom. The number of fused-ring (bicyclic) bond motifs is 9. The number of hydrogen-bond acceptors (Lipinski definition) is 24. The highest BCUT2D eigenvalue weighted by atomic mass is 16.4. The summed E-state index contributed by atoms with van der Waals surface area (Å²) in [6.07, 6.45) is 12.9. The molecule has 28 heteroatoms. The molecule has 5 saturated heterocycles. The number of benzene rings is 4. The molecule has 116 heavy (non-hydrogen) atoms. The fourth-order valence-electron chi connectivity index (χ4n) is 16.8. The second-order valence-electron chi connectivity index (χ2n) is 31.5. The monoisotopic (exact) mass is 1550 g/mol. The summed E-state index contributed by atoms with van der Waals surface area (Å²) >= 11 is 0. The van der Waals surface area contributed by atoms with Gasteiger partial charge in [0.25, 0.3) is 22.2 Å². The molecule has 21 rings (SSSR count). The van der Waals surface area contributed by atoms with E-state index in [1.165, 1.54) is 0 Å².